The van der Waals surface area contributed by atoms with Crippen molar-refractivity contribution in [2.45, 2.75) is 56.6 Å². The highest BCUT2D eigenvalue weighted by atomic mass is 35.5. The van der Waals surface area contributed by atoms with E-state index >= 15 is 0 Å². The molecule has 1 aromatic heterocycles. The Labute approximate surface area is 199 Å². The first kappa shape index (κ1) is 22.3. The number of pyridine rings is 1. The van der Waals surface area contributed by atoms with Crippen LogP contribution in [-0.2, 0) is 9.63 Å². The average Bonchev–Trinajstić information content (AvgIpc) is 3.50. The van der Waals surface area contributed by atoms with Gasteiger partial charge in [-0.3, -0.25) is 4.79 Å². The van der Waals surface area contributed by atoms with Crippen LogP contribution in [0.2, 0.25) is 5.02 Å². The molecule has 0 radical (unpaired) electrons. The number of carbonyl (C=O) groups is 2. The minimum absolute atomic E-state index is 0.0258. The fourth-order valence-electron chi connectivity index (χ4n) is 5.27. The van der Waals surface area contributed by atoms with Gasteiger partial charge in [0.05, 0.1) is 5.02 Å². The number of hydrogen-bond acceptors (Lipinski definition) is 6. The first-order chi connectivity index (χ1) is 16.0. The fraction of sp³-hybridized carbons (Fsp3) is 0.652. The van der Waals surface area contributed by atoms with Gasteiger partial charge in [0.25, 0.3) is 5.91 Å². The molecule has 178 valence electrons. The lowest BCUT2D eigenvalue weighted by Gasteiger charge is -2.38. The van der Waals surface area contributed by atoms with Gasteiger partial charge in [-0.05, 0) is 25.0 Å². The van der Waals surface area contributed by atoms with Crippen LogP contribution >= 0.6 is 11.6 Å². The van der Waals surface area contributed by atoms with Gasteiger partial charge in [-0.2, -0.15) is 0 Å². The summed E-state index contributed by atoms with van der Waals surface area (Å²) in [5.74, 6) is 0.704. The molecule has 3 amide bonds. The van der Waals surface area contributed by atoms with Crippen LogP contribution < -0.4 is 10.2 Å². The van der Waals surface area contributed by atoms with Gasteiger partial charge in [-0.1, -0.05) is 29.6 Å². The molecule has 1 aliphatic carbocycles. The van der Waals surface area contributed by atoms with Crippen molar-refractivity contribution in [2.75, 3.05) is 44.2 Å². The summed E-state index contributed by atoms with van der Waals surface area (Å²) in [7, 11) is 0. The van der Waals surface area contributed by atoms with Gasteiger partial charge >= 0.3 is 6.03 Å². The molecule has 2 saturated heterocycles. The second-order valence-electron chi connectivity index (χ2n) is 9.50. The van der Waals surface area contributed by atoms with E-state index in [9.17, 15) is 9.59 Å². The normalized spacial score (nSPS) is 22.9. The Balaban J connectivity index is 1.10. The summed E-state index contributed by atoms with van der Waals surface area (Å²) in [4.78, 5) is 41.6. The Hall–Kier alpha value is -2.55. The number of urea groups is 1. The van der Waals surface area contributed by atoms with Gasteiger partial charge in [0, 0.05) is 70.8 Å². The van der Waals surface area contributed by atoms with Crippen LogP contribution in [0.3, 0.4) is 0 Å². The quantitative estimate of drug-likeness (QED) is 0.727. The molecular formula is C23H31ClN6O3. The second-order valence-corrected chi connectivity index (χ2v) is 9.90. The maximum Gasteiger partial charge on any atom is 0.317 e. The molecule has 3 aliphatic heterocycles. The van der Waals surface area contributed by atoms with Crippen molar-refractivity contribution < 1.29 is 14.4 Å². The third kappa shape index (κ3) is 4.74. The fourth-order valence-corrected chi connectivity index (χ4v) is 5.51. The smallest absolute Gasteiger partial charge is 0.317 e. The van der Waals surface area contributed by atoms with Crippen molar-refractivity contribution in [1.29, 1.82) is 0 Å². The molecule has 4 aliphatic rings. The number of oxime groups is 1. The molecule has 0 bridgehead atoms. The standard InChI is InChI=1S/C23H31ClN6O3/c24-18-6-3-9-25-20(18)28-12-14-29(15-13-28)21(31)19-16-23(33-27-19)7-10-30(11-8-23)22(32)26-17-4-1-2-5-17/h3,6,9,17H,1-2,4-5,7-8,10-16H2,(H,26,32). The average molecular weight is 475 g/mol. The number of piperazine rings is 1. The number of hydrogen-bond donors (Lipinski definition) is 1. The van der Waals surface area contributed by atoms with Gasteiger partial charge < -0.3 is 24.9 Å². The summed E-state index contributed by atoms with van der Waals surface area (Å²) in [5.41, 5.74) is 0.0292. The van der Waals surface area contributed by atoms with E-state index in [-0.39, 0.29) is 11.9 Å². The zero-order valence-electron chi connectivity index (χ0n) is 18.8. The predicted molar refractivity (Wildman–Crippen MR) is 126 cm³/mol. The van der Waals surface area contributed by atoms with Crippen molar-refractivity contribution in [3.63, 3.8) is 0 Å². The molecule has 1 aromatic rings. The molecule has 33 heavy (non-hydrogen) atoms. The van der Waals surface area contributed by atoms with Gasteiger partial charge in [0.2, 0.25) is 0 Å². The molecule has 3 fully saturated rings. The van der Waals surface area contributed by atoms with E-state index in [0.29, 0.717) is 75.3 Å². The molecule has 0 atom stereocenters. The van der Waals surface area contributed by atoms with E-state index in [0.717, 1.165) is 18.7 Å². The van der Waals surface area contributed by atoms with Crippen LogP contribution in [0.15, 0.2) is 23.5 Å². The number of anilines is 1. The van der Waals surface area contributed by atoms with E-state index in [1.54, 1.807) is 6.20 Å². The maximum atomic E-state index is 13.1. The summed E-state index contributed by atoms with van der Waals surface area (Å²) in [6, 6.07) is 3.98. The van der Waals surface area contributed by atoms with Crippen molar-refractivity contribution in [3.8, 4) is 0 Å². The topological polar surface area (TPSA) is 90.4 Å². The Bertz CT molecular complexity index is 919. The molecule has 1 saturated carbocycles. The zero-order valence-corrected chi connectivity index (χ0v) is 19.6. The number of nitrogens with zero attached hydrogens (tertiary/aromatic N) is 5. The molecule has 4 heterocycles. The molecule has 5 rings (SSSR count). The van der Waals surface area contributed by atoms with Crippen LogP contribution in [-0.4, -0.2) is 83.3 Å². The maximum absolute atomic E-state index is 13.1. The SMILES string of the molecule is O=C(NC1CCCC1)N1CCC2(CC1)CC(C(=O)N1CCN(c3ncccc3Cl)CC1)=NO2. The summed E-state index contributed by atoms with van der Waals surface area (Å²) in [6.07, 6.45) is 8.17. The Morgan fingerprint density at radius 1 is 1.06 bits per heavy atom. The molecule has 0 aromatic carbocycles. The van der Waals surface area contributed by atoms with Crippen LogP contribution in [0, 0.1) is 0 Å². The Morgan fingerprint density at radius 2 is 1.79 bits per heavy atom. The molecule has 1 N–H and O–H groups in total. The second kappa shape index (κ2) is 9.37. The highest BCUT2D eigenvalue weighted by Crippen LogP contribution is 2.35. The molecule has 9 nitrogen and oxygen atoms in total. The number of rotatable bonds is 3. The minimum atomic E-state index is -0.460. The van der Waals surface area contributed by atoms with Crippen LogP contribution in [0.4, 0.5) is 10.6 Å². The summed E-state index contributed by atoms with van der Waals surface area (Å²) in [6.45, 7) is 3.78. The van der Waals surface area contributed by atoms with E-state index in [2.05, 4.69) is 20.4 Å². The number of aromatic nitrogens is 1. The summed E-state index contributed by atoms with van der Waals surface area (Å²) in [5, 5.41) is 7.97. The highest BCUT2D eigenvalue weighted by Gasteiger charge is 2.45. The van der Waals surface area contributed by atoms with Crippen molar-refractivity contribution in [2.24, 2.45) is 5.16 Å². The van der Waals surface area contributed by atoms with E-state index in [4.69, 9.17) is 16.4 Å². The van der Waals surface area contributed by atoms with Gasteiger partial charge in [0.1, 0.15) is 17.1 Å². The molecule has 1 spiro atoms. The van der Waals surface area contributed by atoms with Crippen molar-refractivity contribution in [3.05, 3.63) is 23.4 Å². The third-order valence-electron chi connectivity index (χ3n) is 7.34. The lowest BCUT2D eigenvalue weighted by Crippen LogP contribution is -2.53. The molecule has 10 heteroatoms. The van der Waals surface area contributed by atoms with Gasteiger partial charge in [-0.15, -0.1) is 0 Å². The predicted octanol–water partition coefficient (Wildman–Crippen LogP) is 2.65. The van der Waals surface area contributed by atoms with E-state index < -0.39 is 5.60 Å². The molecular weight excluding hydrogens is 444 g/mol. The number of halogens is 1. The Morgan fingerprint density at radius 3 is 2.48 bits per heavy atom. The van der Waals surface area contributed by atoms with Crippen LogP contribution in [0.1, 0.15) is 44.9 Å². The largest absolute Gasteiger partial charge is 0.388 e. The summed E-state index contributed by atoms with van der Waals surface area (Å²) < 4.78 is 0. The molecule has 0 unspecified atom stereocenters. The van der Waals surface area contributed by atoms with Crippen molar-refractivity contribution in [1.82, 2.24) is 20.1 Å². The lowest BCUT2D eigenvalue weighted by atomic mass is 9.86. The third-order valence-corrected chi connectivity index (χ3v) is 7.63. The van der Waals surface area contributed by atoms with E-state index in [1.165, 1.54) is 12.8 Å². The lowest BCUT2D eigenvalue weighted by molar-refractivity contribution is -0.124. The summed E-state index contributed by atoms with van der Waals surface area (Å²) >= 11 is 6.27. The van der Waals surface area contributed by atoms with Crippen LogP contribution in [0.25, 0.3) is 0 Å². The number of likely N-dealkylation sites (tertiary alicyclic amines) is 1. The van der Waals surface area contributed by atoms with Crippen LogP contribution in [0.5, 0.6) is 0 Å². The number of amides is 3. The number of nitrogens with one attached hydrogen (secondary N) is 1. The number of piperidine rings is 1. The first-order valence-electron chi connectivity index (χ1n) is 12.0. The monoisotopic (exact) mass is 474 g/mol. The Kier molecular flexibility index (Phi) is 6.32. The minimum Gasteiger partial charge on any atom is -0.388 e. The highest BCUT2D eigenvalue weighted by molar-refractivity contribution is 6.39. The van der Waals surface area contributed by atoms with Crippen molar-refractivity contribution >= 4 is 35.1 Å². The van der Waals surface area contributed by atoms with E-state index in [1.807, 2.05) is 21.9 Å². The van der Waals surface area contributed by atoms with Gasteiger partial charge in [-0.25, -0.2) is 9.78 Å². The first-order valence-corrected chi connectivity index (χ1v) is 12.4. The number of carbonyl (C=O) groups excluding carboxylic acids is 2. The van der Waals surface area contributed by atoms with Gasteiger partial charge in [0.15, 0.2) is 0 Å². The zero-order chi connectivity index (χ0) is 22.8.